The van der Waals surface area contributed by atoms with Gasteiger partial charge in [-0.2, -0.15) is 0 Å². The molecule has 1 rings (SSSR count). The summed E-state index contributed by atoms with van der Waals surface area (Å²) in [4.78, 5) is 0. The number of ether oxygens (including phenoxy) is 1. The molecule has 0 atom stereocenters. The van der Waals surface area contributed by atoms with Gasteiger partial charge in [0.1, 0.15) is 0 Å². The molecule has 0 bridgehead atoms. The van der Waals surface area contributed by atoms with Gasteiger partial charge in [-0.15, -0.1) is 0 Å². The number of nitrogens with two attached hydrogens (primary N) is 1. The molecule has 0 unspecified atom stereocenters. The van der Waals surface area contributed by atoms with Crippen molar-refractivity contribution in [2.24, 2.45) is 5.73 Å². The number of aryl methyl sites for hydroxylation is 1. The van der Waals surface area contributed by atoms with Gasteiger partial charge in [0.25, 0.3) is 0 Å². The third-order valence-corrected chi connectivity index (χ3v) is 2.77. The first-order chi connectivity index (χ1) is 7.19. The maximum absolute atomic E-state index is 13.4. The van der Waals surface area contributed by atoms with Crippen LogP contribution in [-0.2, 0) is 6.42 Å². The summed E-state index contributed by atoms with van der Waals surface area (Å²) < 4.78 is 18.8. The lowest BCUT2D eigenvalue weighted by Gasteiger charge is -2.07. The van der Waals surface area contributed by atoms with Crippen LogP contribution in [0.4, 0.5) is 4.39 Å². The van der Waals surface area contributed by atoms with Crippen LogP contribution in [0.1, 0.15) is 18.4 Å². The number of hydrogen-bond donors (Lipinski definition) is 1. The Labute approximate surface area is 97.7 Å². The molecule has 0 heterocycles. The molecule has 1 aromatic carbocycles. The predicted octanol–water partition coefficient (Wildman–Crippen LogP) is 2.88. The maximum atomic E-state index is 13.4. The first kappa shape index (κ1) is 12.5. The molecule has 84 valence electrons. The molecule has 0 aliphatic rings. The molecule has 0 aromatic heterocycles. The topological polar surface area (TPSA) is 35.2 Å². The minimum Gasteiger partial charge on any atom is -0.494 e. The van der Waals surface area contributed by atoms with Gasteiger partial charge in [0.05, 0.1) is 11.6 Å². The van der Waals surface area contributed by atoms with E-state index in [1.165, 1.54) is 7.11 Å². The van der Waals surface area contributed by atoms with E-state index < -0.39 is 0 Å². The Morgan fingerprint density at radius 3 is 2.73 bits per heavy atom. The van der Waals surface area contributed by atoms with Crippen LogP contribution in [0.15, 0.2) is 16.6 Å². The largest absolute Gasteiger partial charge is 0.494 e. The van der Waals surface area contributed by atoms with Crippen molar-refractivity contribution in [3.05, 3.63) is 28.0 Å². The van der Waals surface area contributed by atoms with Crippen molar-refractivity contribution >= 4 is 15.9 Å². The van der Waals surface area contributed by atoms with Crippen molar-refractivity contribution in [3.8, 4) is 5.75 Å². The van der Waals surface area contributed by atoms with E-state index in [1.54, 1.807) is 12.1 Å². The standard InChI is InChI=1S/C11H15BrFNO/c1-15-10-7-8(4-2-3-5-14)6-9(12)11(10)13/h6-7H,2-5,14H2,1H3. The van der Waals surface area contributed by atoms with Crippen LogP contribution < -0.4 is 10.5 Å². The normalized spacial score (nSPS) is 10.4. The van der Waals surface area contributed by atoms with E-state index in [9.17, 15) is 4.39 Å². The summed E-state index contributed by atoms with van der Waals surface area (Å²) in [6.07, 6.45) is 2.89. The van der Waals surface area contributed by atoms with Crippen molar-refractivity contribution < 1.29 is 9.13 Å². The Hall–Kier alpha value is -0.610. The average molecular weight is 276 g/mol. The van der Waals surface area contributed by atoms with Gasteiger partial charge < -0.3 is 10.5 Å². The fourth-order valence-corrected chi connectivity index (χ4v) is 1.87. The molecule has 0 radical (unpaired) electrons. The smallest absolute Gasteiger partial charge is 0.179 e. The van der Waals surface area contributed by atoms with Gasteiger partial charge in [-0.1, -0.05) is 0 Å². The van der Waals surface area contributed by atoms with Gasteiger partial charge in [-0.3, -0.25) is 0 Å². The Kier molecular flexibility index (Phi) is 5.05. The number of benzene rings is 1. The zero-order valence-electron chi connectivity index (χ0n) is 8.72. The lowest BCUT2D eigenvalue weighted by atomic mass is 10.1. The number of methoxy groups -OCH3 is 1. The average Bonchev–Trinajstić information content (AvgIpc) is 2.23. The lowest BCUT2D eigenvalue weighted by molar-refractivity contribution is 0.384. The number of rotatable bonds is 5. The molecule has 0 spiro atoms. The molecule has 0 fully saturated rings. The van der Waals surface area contributed by atoms with Crippen LogP contribution in [-0.4, -0.2) is 13.7 Å². The van der Waals surface area contributed by atoms with Crippen LogP contribution in [0, 0.1) is 5.82 Å². The molecular formula is C11H15BrFNO. The van der Waals surface area contributed by atoms with Crippen molar-refractivity contribution in [1.29, 1.82) is 0 Å². The zero-order valence-corrected chi connectivity index (χ0v) is 10.3. The van der Waals surface area contributed by atoms with E-state index in [1.807, 2.05) is 0 Å². The van der Waals surface area contributed by atoms with E-state index in [0.717, 1.165) is 24.8 Å². The number of unbranched alkanes of at least 4 members (excludes halogenated alkanes) is 1. The summed E-state index contributed by atoms with van der Waals surface area (Å²) in [5, 5.41) is 0. The summed E-state index contributed by atoms with van der Waals surface area (Å²) in [7, 11) is 1.47. The molecule has 0 aliphatic carbocycles. The Balaban J connectivity index is 2.77. The monoisotopic (exact) mass is 275 g/mol. The molecule has 0 saturated carbocycles. The summed E-state index contributed by atoms with van der Waals surface area (Å²) in [5.41, 5.74) is 6.47. The van der Waals surface area contributed by atoms with Gasteiger partial charge >= 0.3 is 0 Å². The third kappa shape index (κ3) is 3.47. The molecular weight excluding hydrogens is 261 g/mol. The Morgan fingerprint density at radius 2 is 2.13 bits per heavy atom. The molecule has 15 heavy (non-hydrogen) atoms. The van der Waals surface area contributed by atoms with Crippen LogP contribution in [0.2, 0.25) is 0 Å². The summed E-state index contributed by atoms with van der Waals surface area (Å²) in [5.74, 6) is -0.0628. The number of halogens is 2. The molecule has 0 saturated heterocycles. The second-order valence-corrected chi connectivity index (χ2v) is 4.19. The first-order valence-electron chi connectivity index (χ1n) is 4.91. The SMILES string of the molecule is COc1cc(CCCCN)cc(Br)c1F. The quantitative estimate of drug-likeness (QED) is 0.839. The third-order valence-electron chi connectivity index (χ3n) is 2.19. The summed E-state index contributed by atoms with van der Waals surface area (Å²) in [6, 6.07) is 3.52. The van der Waals surface area contributed by atoms with Crippen molar-refractivity contribution in [3.63, 3.8) is 0 Å². The first-order valence-corrected chi connectivity index (χ1v) is 5.70. The van der Waals surface area contributed by atoms with E-state index >= 15 is 0 Å². The molecule has 2 nitrogen and oxygen atoms in total. The summed E-state index contributed by atoms with van der Waals surface area (Å²) in [6.45, 7) is 0.694. The van der Waals surface area contributed by atoms with Gasteiger partial charge in [0, 0.05) is 0 Å². The van der Waals surface area contributed by atoms with Crippen LogP contribution >= 0.6 is 15.9 Å². The van der Waals surface area contributed by atoms with E-state index in [-0.39, 0.29) is 11.6 Å². The fraction of sp³-hybridized carbons (Fsp3) is 0.455. The van der Waals surface area contributed by atoms with E-state index in [2.05, 4.69) is 15.9 Å². The highest BCUT2D eigenvalue weighted by Crippen LogP contribution is 2.27. The predicted molar refractivity (Wildman–Crippen MR) is 62.6 cm³/mol. The van der Waals surface area contributed by atoms with Crippen molar-refractivity contribution in [2.75, 3.05) is 13.7 Å². The second kappa shape index (κ2) is 6.08. The van der Waals surface area contributed by atoms with Crippen LogP contribution in [0.25, 0.3) is 0 Å². The highest BCUT2D eigenvalue weighted by atomic mass is 79.9. The van der Waals surface area contributed by atoms with Crippen LogP contribution in [0.5, 0.6) is 5.75 Å². The molecule has 1 aromatic rings. The Bertz CT molecular complexity index is 331. The summed E-state index contributed by atoms with van der Waals surface area (Å²) >= 11 is 3.17. The van der Waals surface area contributed by atoms with Gasteiger partial charge in [0.15, 0.2) is 11.6 Å². The highest BCUT2D eigenvalue weighted by Gasteiger charge is 2.08. The van der Waals surface area contributed by atoms with Gasteiger partial charge in [-0.25, -0.2) is 4.39 Å². The molecule has 4 heteroatoms. The fourth-order valence-electron chi connectivity index (χ4n) is 1.38. The number of hydrogen-bond acceptors (Lipinski definition) is 2. The van der Waals surface area contributed by atoms with E-state index in [4.69, 9.17) is 10.5 Å². The van der Waals surface area contributed by atoms with Crippen LogP contribution in [0.3, 0.4) is 0 Å². The minimum atomic E-state index is -0.347. The van der Waals surface area contributed by atoms with E-state index in [0.29, 0.717) is 11.0 Å². The van der Waals surface area contributed by atoms with Crippen molar-refractivity contribution in [1.82, 2.24) is 0 Å². The second-order valence-electron chi connectivity index (χ2n) is 3.34. The molecule has 2 N–H and O–H groups in total. The maximum Gasteiger partial charge on any atom is 0.179 e. The lowest BCUT2D eigenvalue weighted by Crippen LogP contribution is -1.99. The minimum absolute atomic E-state index is 0.284. The Morgan fingerprint density at radius 1 is 1.40 bits per heavy atom. The highest BCUT2D eigenvalue weighted by molar-refractivity contribution is 9.10. The zero-order chi connectivity index (χ0) is 11.3. The molecule has 0 amide bonds. The van der Waals surface area contributed by atoms with Crippen molar-refractivity contribution in [2.45, 2.75) is 19.3 Å². The van der Waals surface area contributed by atoms with Gasteiger partial charge in [-0.05, 0) is 59.4 Å². The molecule has 0 aliphatic heterocycles. The van der Waals surface area contributed by atoms with Gasteiger partial charge in [0.2, 0.25) is 0 Å².